The van der Waals surface area contributed by atoms with Gasteiger partial charge in [0.05, 0.1) is 29.5 Å². The van der Waals surface area contributed by atoms with Crippen LogP contribution in [0, 0.1) is 0 Å². The van der Waals surface area contributed by atoms with Crippen molar-refractivity contribution in [2.45, 2.75) is 6.54 Å². The molecule has 3 aromatic carbocycles. The summed E-state index contributed by atoms with van der Waals surface area (Å²) in [4.78, 5) is 5.79. The van der Waals surface area contributed by atoms with Crippen LogP contribution >= 0.6 is 38.9 Å². The van der Waals surface area contributed by atoms with Crippen LogP contribution in [-0.4, -0.2) is 11.7 Å². The number of methoxy groups -OCH3 is 1. The first-order valence-electron chi connectivity index (χ1n) is 9.01. The highest BCUT2D eigenvalue weighted by Gasteiger charge is 2.12. The summed E-state index contributed by atoms with van der Waals surface area (Å²) in [7, 11) is 1.67. The van der Waals surface area contributed by atoms with Gasteiger partial charge in [0, 0.05) is 16.0 Å². The number of thiazole rings is 1. The van der Waals surface area contributed by atoms with Gasteiger partial charge in [-0.2, -0.15) is 0 Å². The van der Waals surface area contributed by atoms with Gasteiger partial charge >= 0.3 is 0 Å². The molecule has 0 saturated heterocycles. The number of benzene rings is 3. The standard InChI is InChI=1S/C23H18BrClN2OS/c1-28-22-12-11-16(13-19(22)24)21-15-29-23(26-18-8-3-2-4-9-18)27(21)14-17-7-5-6-10-20(17)25/h2-13,15H,14H2,1H3. The zero-order valence-corrected chi connectivity index (χ0v) is 18.8. The molecule has 0 unspecified atom stereocenters. The number of rotatable bonds is 5. The Morgan fingerprint density at radius 3 is 2.52 bits per heavy atom. The first kappa shape index (κ1) is 20.0. The molecular formula is C23H18BrClN2OS. The van der Waals surface area contributed by atoms with E-state index in [1.807, 2.05) is 60.7 Å². The summed E-state index contributed by atoms with van der Waals surface area (Å²) in [5.74, 6) is 0.802. The minimum absolute atomic E-state index is 0.633. The fourth-order valence-corrected chi connectivity index (χ4v) is 4.70. The normalized spacial score (nSPS) is 11.6. The molecule has 1 heterocycles. The van der Waals surface area contributed by atoms with E-state index in [1.54, 1.807) is 18.4 Å². The number of halogens is 2. The van der Waals surface area contributed by atoms with Gasteiger partial charge in [-0.15, -0.1) is 11.3 Å². The molecule has 4 aromatic rings. The minimum atomic E-state index is 0.633. The smallest absolute Gasteiger partial charge is 0.190 e. The summed E-state index contributed by atoms with van der Waals surface area (Å²) in [6, 6.07) is 24.0. The Balaban J connectivity index is 1.87. The van der Waals surface area contributed by atoms with Crippen LogP contribution in [0.5, 0.6) is 5.75 Å². The van der Waals surface area contributed by atoms with E-state index in [9.17, 15) is 0 Å². The van der Waals surface area contributed by atoms with Crippen LogP contribution in [0.3, 0.4) is 0 Å². The average Bonchev–Trinajstić information content (AvgIpc) is 3.12. The van der Waals surface area contributed by atoms with Gasteiger partial charge in [0.25, 0.3) is 0 Å². The van der Waals surface area contributed by atoms with Gasteiger partial charge in [0.2, 0.25) is 0 Å². The van der Waals surface area contributed by atoms with Crippen LogP contribution in [-0.2, 0) is 6.54 Å². The zero-order valence-electron chi connectivity index (χ0n) is 15.7. The second-order valence-corrected chi connectivity index (χ2v) is 8.48. The largest absolute Gasteiger partial charge is 0.496 e. The quantitative estimate of drug-likeness (QED) is 0.301. The molecule has 0 aliphatic heterocycles. The van der Waals surface area contributed by atoms with E-state index in [1.165, 1.54) is 0 Å². The summed E-state index contributed by atoms with van der Waals surface area (Å²) >= 11 is 11.7. The van der Waals surface area contributed by atoms with Crippen LogP contribution in [0.2, 0.25) is 5.02 Å². The van der Waals surface area contributed by atoms with E-state index < -0.39 is 0 Å². The maximum atomic E-state index is 6.45. The molecule has 4 rings (SSSR count). The summed E-state index contributed by atoms with van der Waals surface area (Å²) in [5.41, 5.74) is 4.13. The van der Waals surface area contributed by atoms with Gasteiger partial charge in [-0.3, -0.25) is 0 Å². The number of nitrogens with zero attached hydrogens (tertiary/aromatic N) is 2. The van der Waals surface area contributed by atoms with E-state index in [4.69, 9.17) is 21.3 Å². The molecule has 0 radical (unpaired) electrons. The van der Waals surface area contributed by atoms with Gasteiger partial charge in [0.15, 0.2) is 4.80 Å². The fourth-order valence-electron chi connectivity index (χ4n) is 3.04. The second kappa shape index (κ2) is 8.99. The maximum Gasteiger partial charge on any atom is 0.190 e. The highest BCUT2D eigenvalue weighted by atomic mass is 79.9. The molecule has 6 heteroatoms. The Hall–Kier alpha value is -2.34. The summed E-state index contributed by atoms with van der Waals surface area (Å²) in [6.45, 7) is 0.633. The molecule has 1 aromatic heterocycles. The van der Waals surface area contributed by atoms with Crippen LogP contribution < -0.4 is 9.54 Å². The molecule has 0 spiro atoms. The van der Waals surface area contributed by atoms with Crippen molar-refractivity contribution in [2.75, 3.05) is 7.11 Å². The van der Waals surface area contributed by atoms with Crippen molar-refractivity contribution in [1.82, 2.24) is 4.57 Å². The van der Waals surface area contributed by atoms with Gasteiger partial charge in [-0.05, 0) is 57.9 Å². The molecule has 0 amide bonds. The predicted molar refractivity (Wildman–Crippen MR) is 124 cm³/mol. The van der Waals surface area contributed by atoms with Gasteiger partial charge in [-0.25, -0.2) is 4.99 Å². The molecule has 146 valence electrons. The lowest BCUT2D eigenvalue weighted by Gasteiger charge is -2.12. The molecule has 3 nitrogen and oxygen atoms in total. The second-order valence-electron chi connectivity index (χ2n) is 6.38. The third kappa shape index (κ3) is 4.47. The summed E-state index contributed by atoms with van der Waals surface area (Å²) < 4.78 is 8.49. The topological polar surface area (TPSA) is 26.5 Å². The van der Waals surface area contributed by atoms with Crippen LogP contribution in [0.25, 0.3) is 11.3 Å². The zero-order chi connectivity index (χ0) is 20.2. The van der Waals surface area contributed by atoms with Crippen molar-refractivity contribution in [3.05, 3.63) is 98.0 Å². The lowest BCUT2D eigenvalue weighted by molar-refractivity contribution is 0.412. The molecular weight excluding hydrogens is 468 g/mol. The number of hydrogen-bond donors (Lipinski definition) is 0. The Bertz CT molecular complexity index is 1200. The van der Waals surface area contributed by atoms with Crippen molar-refractivity contribution in [3.8, 4) is 17.0 Å². The highest BCUT2D eigenvalue weighted by molar-refractivity contribution is 9.10. The lowest BCUT2D eigenvalue weighted by Crippen LogP contribution is -2.17. The van der Waals surface area contributed by atoms with Crippen molar-refractivity contribution >= 4 is 44.6 Å². The Morgan fingerprint density at radius 2 is 1.79 bits per heavy atom. The first-order valence-corrected chi connectivity index (χ1v) is 11.1. The molecule has 0 aliphatic rings. The fraction of sp³-hybridized carbons (Fsp3) is 0.0870. The Labute approximate surface area is 187 Å². The van der Waals surface area contributed by atoms with Crippen LogP contribution in [0.4, 0.5) is 5.69 Å². The van der Waals surface area contributed by atoms with Crippen molar-refractivity contribution in [1.29, 1.82) is 0 Å². The van der Waals surface area contributed by atoms with Crippen LogP contribution in [0.1, 0.15) is 5.56 Å². The number of hydrogen-bond acceptors (Lipinski definition) is 3. The Kier molecular flexibility index (Phi) is 6.19. The molecule has 0 saturated carbocycles. The van der Waals surface area contributed by atoms with Crippen molar-refractivity contribution in [3.63, 3.8) is 0 Å². The number of para-hydroxylation sites is 1. The monoisotopic (exact) mass is 484 g/mol. The third-order valence-electron chi connectivity index (χ3n) is 4.51. The minimum Gasteiger partial charge on any atom is -0.496 e. The van der Waals surface area contributed by atoms with Crippen molar-refractivity contribution in [2.24, 2.45) is 4.99 Å². The van der Waals surface area contributed by atoms with E-state index in [2.05, 4.69) is 38.0 Å². The van der Waals surface area contributed by atoms with E-state index >= 15 is 0 Å². The molecule has 0 atom stereocenters. The van der Waals surface area contributed by atoms with E-state index in [-0.39, 0.29) is 0 Å². The third-order valence-corrected chi connectivity index (χ3v) is 6.36. The average molecular weight is 486 g/mol. The van der Waals surface area contributed by atoms with Gasteiger partial charge in [0.1, 0.15) is 5.75 Å². The number of aromatic nitrogens is 1. The van der Waals surface area contributed by atoms with Crippen molar-refractivity contribution < 1.29 is 4.74 Å². The molecule has 29 heavy (non-hydrogen) atoms. The molecule has 0 bridgehead atoms. The van der Waals surface area contributed by atoms with Gasteiger partial charge < -0.3 is 9.30 Å². The highest BCUT2D eigenvalue weighted by Crippen LogP contribution is 2.31. The molecule has 0 fully saturated rings. The summed E-state index contributed by atoms with van der Waals surface area (Å²) in [6.07, 6.45) is 0. The van der Waals surface area contributed by atoms with E-state index in [0.717, 1.165) is 42.6 Å². The summed E-state index contributed by atoms with van der Waals surface area (Å²) in [5, 5.41) is 2.88. The Morgan fingerprint density at radius 1 is 1.03 bits per heavy atom. The molecule has 0 N–H and O–H groups in total. The maximum absolute atomic E-state index is 6.45. The lowest BCUT2D eigenvalue weighted by atomic mass is 10.1. The van der Waals surface area contributed by atoms with Gasteiger partial charge in [-0.1, -0.05) is 48.0 Å². The first-order chi connectivity index (χ1) is 14.2. The van der Waals surface area contributed by atoms with E-state index in [0.29, 0.717) is 6.54 Å². The predicted octanol–water partition coefficient (Wildman–Crippen LogP) is 6.92. The van der Waals surface area contributed by atoms with Crippen LogP contribution in [0.15, 0.2) is 87.6 Å². The SMILES string of the molecule is COc1ccc(-c2csc(=Nc3ccccc3)n2Cc2ccccc2Cl)cc1Br. The number of ether oxygens (including phenoxy) is 1. The molecule has 0 aliphatic carbocycles.